The summed E-state index contributed by atoms with van der Waals surface area (Å²) in [5.74, 6) is 0.592. The predicted molar refractivity (Wildman–Crippen MR) is 79.5 cm³/mol. The van der Waals surface area contributed by atoms with Crippen LogP contribution in [0.3, 0.4) is 0 Å². The van der Waals surface area contributed by atoms with Gasteiger partial charge in [-0.25, -0.2) is 4.39 Å². The molecule has 0 saturated heterocycles. The molecular formula is C17H20FNO. The van der Waals surface area contributed by atoms with E-state index in [9.17, 15) is 4.39 Å². The minimum absolute atomic E-state index is 0.204. The van der Waals surface area contributed by atoms with Crippen LogP contribution in [0.4, 0.5) is 4.39 Å². The second-order valence-corrected chi connectivity index (χ2v) is 4.48. The summed E-state index contributed by atoms with van der Waals surface area (Å²) in [6, 6.07) is 14.4. The van der Waals surface area contributed by atoms with Gasteiger partial charge in [0.15, 0.2) is 0 Å². The fraction of sp³-hybridized carbons (Fsp3) is 0.294. The lowest BCUT2D eigenvalue weighted by Gasteiger charge is -2.22. The molecule has 1 N–H and O–H groups in total. The van der Waals surface area contributed by atoms with E-state index < -0.39 is 0 Å². The highest BCUT2D eigenvalue weighted by atomic mass is 19.1. The van der Waals surface area contributed by atoms with Crippen LogP contribution in [-0.2, 0) is 0 Å². The molecule has 0 heterocycles. The summed E-state index contributed by atoms with van der Waals surface area (Å²) in [6.07, 6.45) is 0. The average Bonchev–Trinajstić information content (AvgIpc) is 2.47. The molecule has 0 amide bonds. The van der Waals surface area contributed by atoms with E-state index in [4.69, 9.17) is 4.74 Å². The maximum Gasteiger partial charge on any atom is 0.128 e. The van der Waals surface area contributed by atoms with Gasteiger partial charge in [-0.2, -0.15) is 0 Å². The van der Waals surface area contributed by atoms with Gasteiger partial charge in [0.25, 0.3) is 0 Å². The Morgan fingerprint density at radius 3 is 2.30 bits per heavy atom. The van der Waals surface area contributed by atoms with Crippen LogP contribution in [0.2, 0.25) is 0 Å². The lowest BCUT2D eigenvalue weighted by atomic mass is 9.97. The van der Waals surface area contributed by atoms with Gasteiger partial charge in [-0.05, 0) is 25.6 Å². The van der Waals surface area contributed by atoms with E-state index in [1.54, 1.807) is 6.07 Å². The van der Waals surface area contributed by atoms with Gasteiger partial charge in [-0.1, -0.05) is 43.3 Å². The van der Waals surface area contributed by atoms with E-state index in [1.165, 1.54) is 6.07 Å². The summed E-state index contributed by atoms with van der Waals surface area (Å²) >= 11 is 0. The molecule has 106 valence electrons. The highest BCUT2D eigenvalue weighted by Gasteiger charge is 2.19. The Morgan fingerprint density at radius 1 is 1.00 bits per heavy atom. The van der Waals surface area contributed by atoms with Crippen molar-refractivity contribution in [1.29, 1.82) is 0 Å². The number of hydrogen-bond acceptors (Lipinski definition) is 2. The van der Waals surface area contributed by atoms with Crippen LogP contribution in [-0.4, -0.2) is 13.2 Å². The van der Waals surface area contributed by atoms with E-state index in [-0.39, 0.29) is 11.9 Å². The number of rotatable bonds is 6. The van der Waals surface area contributed by atoms with E-state index in [0.717, 1.165) is 17.9 Å². The molecule has 0 fully saturated rings. The third-order valence-corrected chi connectivity index (χ3v) is 3.15. The first-order chi connectivity index (χ1) is 9.77. The summed E-state index contributed by atoms with van der Waals surface area (Å²) in [6.45, 7) is 5.30. The van der Waals surface area contributed by atoms with Crippen LogP contribution in [0.25, 0.3) is 0 Å². The van der Waals surface area contributed by atoms with Gasteiger partial charge in [0.2, 0.25) is 0 Å². The van der Waals surface area contributed by atoms with Gasteiger partial charge in [-0.15, -0.1) is 0 Å². The minimum atomic E-state index is -0.205. The highest BCUT2D eigenvalue weighted by molar-refractivity contribution is 5.42. The van der Waals surface area contributed by atoms with Crippen molar-refractivity contribution in [2.24, 2.45) is 0 Å². The summed E-state index contributed by atoms with van der Waals surface area (Å²) in [5.41, 5.74) is 1.60. The SMILES string of the molecule is CCNC(c1ccccc1F)c1ccccc1OCC. The van der Waals surface area contributed by atoms with Gasteiger partial charge < -0.3 is 10.1 Å². The molecule has 0 aliphatic carbocycles. The zero-order valence-electron chi connectivity index (χ0n) is 11.9. The Balaban J connectivity index is 2.46. The Bertz CT molecular complexity index is 556. The summed E-state index contributed by atoms with van der Waals surface area (Å²) in [5, 5.41) is 3.33. The lowest BCUT2D eigenvalue weighted by molar-refractivity contribution is 0.333. The second-order valence-electron chi connectivity index (χ2n) is 4.48. The third-order valence-electron chi connectivity index (χ3n) is 3.15. The Kier molecular flexibility index (Phi) is 5.13. The largest absolute Gasteiger partial charge is 0.494 e. The smallest absolute Gasteiger partial charge is 0.128 e. The Morgan fingerprint density at radius 2 is 1.65 bits per heavy atom. The zero-order valence-corrected chi connectivity index (χ0v) is 11.9. The topological polar surface area (TPSA) is 21.3 Å². The maximum atomic E-state index is 14.1. The van der Waals surface area contributed by atoms with Gasteiger partial charge in [0.05, 0.1) is 12.6 Å². The third kappa shape index (κ3) is 3.17. The van der Waals surface area contributed by atoms with Crippen molar-refractivity contribution in [3.05, 3.63) is 65.5 Å². The maximum absolute atomic E-state index is 14.1. The van der Waals surface area contributed by atoms with E-state index in [2.05, 4.69) is 5.32 Å². The van der Waals surface area contributed by atoms with Crippen molar-refractivity contribution < 1.29 is 9.13 Å². The molecule has 1 atom stereocenters. The summed E-state index contributed by atoms with van der Waals surface area (Å²) in [4.78, 5) is 0. The van der Waals surface area contributed by atoms with Crippen molar-refractivity contribution >= 4 is 0 Å². The number of nitrogens with one attached hydrogen (secondary N) is 1. The van der Waals surface area contributed by atoms with Crippen molar-refractivity contribution in [1.82, 2.24) is 5.32 Å². The van der Waals surface area contributed by atoms with Gasteiger partial charge in [0.1, 0.15) is 11.6 Å². The predicted octanol–water partition coefficient (Wildman–Crippen LogP) is 3.92. The van der Waals surface area contributed by atoms with Crippen molar-refractivity contribution in [2.45, 2.75) is 19.9 Å². The summed E-state index contributed by atoms with van der Waals surface area (Å²) < 4.78 is 19.7. The van der Waals surface area contributed by atoms with E-state index >= 15 is 0 Å². The van der Waals surface area contributed by atoms with Crippen LogP contribution in [0.5, 0.6) is 5.75 Å². The standard InChI is InChI=1S/C17H20FNO/c1-3-19-17(13-9-5-7-11-15(13)18)14-10-6-8-12-16(14)20-4-2/h5-12,17,19H,3-4H2,1-2H3. The van der Waals surface area contributed by atoms with Crippen LogP contribution in [0.1, 0.15) is 31.0 Å². The molecule has 20 heavy (non-hydrogen) atoms. The molecular weight excluding hydrogens is 253 g/mol. The number of benzene rings is 2. The normalized spacial score (nSPS) is 12.2. The molecule has 0 aromatic heterocycles. The molecule has 2 aromatic rings. The number of para-hydroxylation sites is 1. The molecule has 0 aliphatic heterocycles. The zero-order chi connectivity index (χ0) is 14.4. The van der Waals surface area contributed by atoms with Crippen molar-refractivity contribution in [2.75, 3.05) is 13.2 Å². The molecule has 3 heteroatoms. The first-order valence-electron chi connectivity index (χ1n) is 6.97. The first-order valence-corrected chi connectivity index (χ1v) is 6.97. The molecule has 0 saturated carbocycles. The fourth-order valence-corrected chi connectivity index (χ4v) is 2.31. The lowest BCUT2D eigenvalue weighted by Crippen LogP contribution is -2.23. The second kappa shape index (κ2) is 7.06. The molecule has 2 rings (SSSR count). The van der Waals surface area contributed by atoms with Gasteiger partial charge >= 0.3 is 0 Å². The molecule has 0 bridgehead atoms. The summed E-state index contributed by atoms with van der Waals surface area (Å²) in [7, 11) is 0. The first kappa shape index (κ1) is 14.5. The number of halogens is 1. The van der Waals surface area contributed by atoms with Gasteiger partial charge in [-0.3, -0.25) is 0 Å². The van der Waals surface area contributed by atoms with Crippen molar-refractivity contribution in [3.8, 4) is 5.75 Å². The molecule has 0 radical (unpaired) electrons. The molecule has 0 spiro atoms. The van der Waals surface area contributed by atoms with Crippen molar-refractivity contribution in [3.63, 3.8) is 0 Å². The van der Waals surface area contributed by atoms with E-state index in [0.29, 0.717) is 12.2 Å². The molecule has 1 unspecified atom stereocenters. The van der Waals surface area contributed by atoms with Crippen LogP contribution in [0, 0.1) is 5.82 Å². The highest BCUT2D eigenvalue weighted by Crippen LogP contribution is 2.31. The van der Waals surface area contributed by atoms with E-state index in [1.807, 2.05) is 50.2 Å². The molecule has 0 aliphatic rings. The fourth-order valence-electron chi connectivity index (χ4n) is 2.31. The average molecular weight is 273 g/mol. The monoisotopic (exact) mass is 273 g/mol. The van der Waals surface area contributed by atoms with Gasteiger partial charge in [0, 0.05) is 11.1 Å². The van der Waals surface area contributed by atoms with Crippen LogP contribution in [0.15, 0.2) is 48.5 Å². The minimum Gasteiger partial charge on any atom is -0.494 e. The Hall–Kier alpha value is -1.87. The number of ether oxygens (including phenoxy) is 1. The van der Waals surface area contributed by atoms with Crippen LogP contribution >= 0.6 is 0 Å². The molecule has 2 aromatic carbocycles. The quantitative estimate of drug-likeness (QED) is 0.861. The molecule has 2 nitrogen and oxygen atoms in total. The Labute approximate surface area is 119 Å². The van der Waals surface area contributed by atoms with Crippen LogP contribution < -0.4 is 10.1 Å². The number of hydrogen-bond donors (Lipinski definition) is 1.